The molecule has 23 heavy (non-hydrogen) atoms. The summed E-state index contributed by atoms with van der Waals surface area (Å²) in [6.07, 6.45) is 2.59. The Hall–Kier alpha value is -2.87. The van der Waals surface area contributed by atoms with Gasteiger partial charge in [0, 0.05) is 35.9 Å². The third-order valence-corrected chi connectivity index (χ3v) is 3.18. The summed E-state index contributed by atoms with van der Waals surface area (Å²) in [5.74, 6) is -0.997. The molecule has 0 unspecified atom stereocenters. The minimum Gasteiger partial charge on any atom is -0.323 e. The number of hydrogen-bond acceptors (Lipinski definition) is 4. The van der Waals surface area contributed by atoms with Gasteiger partial charge in [0.15, 0.2) is 0 Å². The number of carbonyl (C=O) groups excluding carboxylic acids is 2. The number of halogens is 1. The number of aromatic amines is 1. The summed E-state index contributed by atoms with van der Waals surface area (Å²) in [7, 11) is 0. The summed E-state index contributed by atoms with van der Waals surface area (Å²) in [5.41, 5.74) is 3.30. The standard InChI is InChI=1S/C14H13ClN4O4/c15-10-3-1-9(2-4-10)12(21)18-17-11(20)5-7-19-8-6-16-13(22)14(19)23/h1-4,6,8H,5,7H2,(H,16,22)(H,17,20)(H,18,21). The van der Waals surface area contributed by atoms with E-state index in [1.54, 1.807) is 12.1 Å². The van der Waals surface area contributed by atoms with E-state index in [-0.39, 0.29) is 13.0 Å². The van der Waals surface area contributed by atoms with Gasteiger partial charge in [-0.1, -0.05) is 11.6 Å². The van der Waals surface area contributed by atoms with E-state index in [1.165, 1.54) is 24.5 Å². The van der Waals surface area contributed by atoms with Crippen LogP contribution in [0.1, 0.15) is 16.8 Å². The minimum atomic E-state index is -0.760. The molecule has 1 aromatic carbocycles. The van der Waals surface area contributed by atoms with Gasteiger partial charge in [-0.3, -0.25) is 30.0 Å². The number of amides is 2. The molecule has 2 aromatic rings. The average molecular weight is 337 g/mol. The summed E-state index contributed by atoms with van der Waals surface area (Å²) in [6, 6.07) is 6.13. The van der Waals surface area contributed by atoms with E-state index in [2.05, 4.69) is 15.8 Å². The van der Waals surface area contributed by atoms with E-state index >= 15 is 0 Å². The topological polar surface area (TPSA) is 113 Å². The molecule has 2 rings (SSSR count). The van der Waals surface area contributed by atoms with Gasteiger partial charge in [0.2, 0.25) is 5.91 Å². The Morgan fingerprint density at radius 2 is 1.83 bits per heavy atom. The van der Waals surface area contributed by atoms with Gasteiger partial charge in [0.25, 0.3) is 5.91 Å². The fraction of sp³-hybridized carbons (Fsp3) is 0.143. The lowest BCUT2D eigenvalue weighted by Crippen LogP contribution is -2.42. The predicted molar refractivity (Wildman–Crippen MR) is 83.0 cm³/mol. The van der Waals surface area contributed by atoms with E-state index in [0.717, 1.165) is 4.57 Å². The fourth-order valence-corrected chi connectivity index (χ4v) is 1.85. The van der Waals surface area contributed by atoms with Crippen LogP contribution in [0, 0.1) is 0 Å². The number of rotatable bonds is 4. The van der Waals surface area contributed by atoms with E-state index in [0.29, 0.717) is 10.6 Å². The molecule has 0 saturated heterocycles. The van der Waals surface area contributed by atoms with Gasteiger partial charge in [-0.2, -0.15) is 0 Å². The molecule has 0 aliphatic carbocycles. The number of aromatic nitrogens is 2. The number of aryl methyl sites for hydroxylation is 1. The third-order valence-electron chi connectivity index (χ3n) is 2.93. The van der Waals surface area contributed by atoms with Crippen molar-refractivity contribution in [1.82, 2.24) is 20.4 Å². The number of nitrogens with zero attached hydrogens (tertiary/aromatic N) is 1. The number of nitrogens with one attached hydrogen (secondary N) is 3. The van der Waals surface area contributed by atoms with Crippen LogP contribution < -0.4 is 22.0 Å². The Bertz CT molecular complexity index is 826. The maximum absolute atomic E-state index is 11.8. The van der Waals surface area contributed by atoms with Gasteiger partial charge >= 0.3 is 11.1 Å². The zero-order valence-corrected chi connectivity index (χ0v) is 12.6. The molecule has 0 atom stereocenters. The van der Waals surface area contributed by atoms with Crippen molar-refractivity contribution in [2.45, 2.75) is 13.0 Å². The molecular weight excluding hydrogens is 324 g/mol. The van der Waals surface area contributed by atoms with E-state index in [4.69, 9.17) is 11.6 Å². The lowest BCUT2D eigenvalue weighted by molar-refractivity contribution is -0.122. The smallest absolute Gasteiger partial charge is 0.316 e. The molecule has 0 aliphatic heterocycles. The molecule has 1 aromatic heterocycles. The van der Waals surface area contributed by atoms with Crippen LogP contribution in [-0.4, -0.2) is 21.4 Å². The Morgan fingerprint density at radius 1 is 1.13 bits per heavy atom. The minimum absolute atomic E-state index is 0.0192. The first kappa shape index (κ1) is 16.5. The number of benzene rings is 1. The maximum atomic E-state index is 11.8. The van der Waals surface area contributed by atoms with Crippen LogP contribution in [0.2, 0.25) is 5.02 Å². The zero-order chi connectivity index (χ0) is 16.8. The predicted octanol–water partition coefficient (Wildman–Crippen LogP) is 0.0413. The first-order valence-corrected chi connectivity index (χ1v) is 6.98. The summed E-state index contributed by atoms with van der Waals surface area (Å²) in [5, 5.41) is 0.494. The Labute approximate surface area is 135 Å². The van der Waals surface area contributed by atoms with Gasteiger partial charge < -0.3 is 9.55 Å². The van der Waals surface area contributed by atoms with Crippen molar-refractivity contribution in [2.24, 2.45) is 0 Å². The van der Waals surface area contributed by atoms with Gasteiger partial charge in [-0.25, -0.2) is 0 Å². The SMILES string of the molecule is O=C(CCn1cc[nH]c(=O)c1=O)NNC(=O)c1ccc(Cl)cc1. The number of hydrogen-bond donors (Lipinski definition) is 3. The van der Waals surface area contributed by atoms with Gasteiger partial charge in [0.05, 0.1) is 0 Å². The quantitative estimate of drug-likeness (QED) is 0.540. The number of hydrazine groups is 1. The number of carbonyl (C=O) groups is 2. The van der Waals surface area contributed by atoms with Crippen LogP contribution >= 0.6 is 11.6 Å². The van der Waals surface area contributed by atoms with Crippen molar-refractivity contribution < 1.29 is 9.59 Å². The molecule has 0 bridgehead atoms. The lowest BCUT2D eigenvalue weighted by Gasteiger charge is -2.08. The summed E-state index contributed by atoms with van der Waals surface area (Å²) >= 11 is 5.71. The Balaban J connectivity index is 1.84. The van der Waals surface area contributed by atoms with Crippen LogP contribution in [0.5, 0.6) is 0 Å². The van der Waals surface area contributed by atoms with Crippen LogP contribution in [0.4, 0.5) is 0 Å². The number of H-pyrrole nitrogens is 1. The maximum Gasteiger partial charge on any atom is 0.316 e. The molecule has 8 nitrogen and oxygen atoms in total. The van der Waals surface area contributed by atoms with E-state index in [9.17, 15) is 19.2 Å². The van der Waals surface area contributed by atoms with Gasteiger partial charge in [-0.15, -0.1) is 0 Å². The van der Waals surface area contributed by atoms with Crippen molar-refractivity contribution in [3.05, 3.63) is 68.0 Å². The highest BCUT2D eigenvalue weighted by molar-refractivity contribution is 6.30. The van der Waals surface area contributed by atoms with Crippen LogP contribution in [0.15, 0.2) is 46.2 Å². The molecule has 9 heteroatoms. The highest BCUT2D eigenvalue weighted by Gasteiger charge is 2.08. The van der Waals surface area contributed by atoms with Crippen molar-refractivity contribution in [1.29, 1.82) is 0 Å². The molecule has 0 fully saturated rings. The second kappa shape index (κ2) is 7.41. The second-order valence-corrected chi connectivity index (χ2v) is 4.98. The van der Waals surface area contributed by atoms with Crippen molar-refractivity contribution >= 4 is 23.4 Å². The van der Waals surface area contributed by atoms with Crippen molar-refractivity contribution in [2.75, 3.05) is 0 Å². The highest BCUT2D eigenvalue weighted by atomic mass is 35.5. The highest BCUT2D eigenvalue weighted by Crippen LogP contribution is 2.08. The van der Waals surface area contributed by atoms with Crippen LogP contribution in [0.3, 0.4) is 0 Å². The molecule has 0 spiro atoms. The molecule has 0 radical (unpaired) electrons. The molecule has 0 saturated carbocycles. The van der Waals surface area contributed by atoms with Gasteiger partial charge in [0.1, 0.15) is 0 Å². The summed E-state index contributed by atoms with van der Waals surface area (Å²) < 4.78 is 1.11. The van der Waals surface area contributed by atoms with Crippen molar-refractivity contribution in [3.8, 4) is 0 Å². The first-order valence-electron chi connectivity index (χ1n) is 6.60. The Morgan fingerprint density at radius 3 is 2.52 bits per heavy atom. The molecule has 120 valence electrons. The second-order valence-electron chi connectivity index (χ2n) is 4.55. The fourth-order valence-electron chi connectivity index (χ4n) is 1.72. The van der Waals surface area contributed by atoms with Gasteiger partial charge in [-0.05, 0) is 24.3 Å². The molecule has 1 heterocycles. The first-order chi connectivity index (χ1) is 11.0. The van der Waals surface area contributed by atoms with Crippen LogP contribution in [0.25, 0.3) is 0 Å². The zero-order valence-electron chi connectivity index (χ0n) is 11.8. The summed E-state index contributed by atoms with van der Waals surface area (Å²) in [4.78, 5) is 48.2. The van der Waals surface area contributed by atoms with Crippen molar-refractivity contribution in [3.63, 3.8) is 0 Å². The third kappa shape index (κ3) is 4.55. The molecule has 2 amide bonds. The normalized spacial score (nSPS) is 10.1. The lowest BCUT2D eigenvalue weighted by atomic mass is 10.2. The van der Waals surface area contributed by atoms with E-state index in [1.807, 2.05) is 0 Å². The summed E-state index contributed by atoms with van der Waals surface area (Å²) in [6.45, 7) is 0.0192. The monoisotopic (exact) mass is 336 g/mol. The van der Waals surface area contributed by atoms with Crippen LogP contribution in [-0.2, 0) is 11.3 Å². The Kier molecular flexibility index (Phi) is 5.32. The van der Waals surface area contributed by atoms with E-state index < -0.39 is 22.9 Å². The largest absolute Gasteiger partial charge is 0.323 e. The molecule has 0 aliphatic rings. The molecular formula is C14H13ClN4O4. The average Bonchev–Trinajstić information content (AvgIpc) is 2.54. The molecule has 3 N–H and O–H groups in total.